The number of nitrogen functional groups attached to an aromatic ring is 1. The van der Waals surface area contributed by atoms with Crippen LogP contribution in [0.5, 0.6) is 0 Å². The number of hydrogen-bond donors (Lipinski definition) is 2. The molecule has 0 bridgehead atoms. The zero-order valence-electron chi connectivity index (χ0n) is 8.00. The molecule has 0 radical (unpaired) electrons. The minimum atomic E-state index is -0.219. The SMILES string of the molecule is CC(C)c1noc2[nH]cc(N)c(=O)c12. The molecule has 2 heterocycles. The third-order valence-corrected chi connectivity index (χ3v) is 2.11. The van der Waals surface area contributed by atoms with E-state index in [1.54, 1.807) is 0 Å². The fourth-order valence-corrected chi connectivity index (χ4v) is 1.37. The average molecular weight is 193 g/mol. The first-order valence-electron chi connectivity index (χ1n) is 4.37. The Morgan fingerprint density at radius 2 is 2.29 bits per heavy atom. The summed E-state index contributed by atoms with van der Waals surface area (Å²) < 4.78 is 4.99. The second kappa shape index (κ2) is 2.87. The summed E-state index contributed by atoms with van der Waals surface area (Å²) >= 11 is 0. The van der Waals surface area contributed by atoms with Crippen LogP contribution in [0.3, 0.4) is 0 Å². The van der Waals surface area contributed by atoms with E-state index in [0.29, 0.717) is 16.8 Å². The highest BCUT2D eigenvalue weighted by Gasteiger charge is 2.15. The maximum atomic E-state index is 11.7. The summed E-state index contributed by atoms with van der Waals surface area (Å²) in [4.78, 5) is 14.5. The molecule has 0 aliphatic rings. The molecule has 0 atom stereocenters. The molecule has 5 heteroatoms. The molecule has 0 fully saturated rings. The zero-order valence-corrected chi connectivity index (χ0v) is 8.00. The van der Waals surface area contributed by atoms with Crippen molar-refractivity contribution in [1.82, 2.24) is 10.1 Å². The van der Waals surface area contributed by atoms with Gasteiger partial charge in [0.15, 0.2) is 0 Å². The number of anilines is 1. The lowest BCUT2D eigenvalue weighted by Gasteiger charge is -1.97. The van der Waals surface area contributed by atoms with Crippen LogP contribution < -0.4 is 11.2 Å². The summed E-state index contributed by atoms with van der Waals surface area (Å²) in [6, 6.07) is 0. The van der Waals surface area contributed by atoms with E-state index >= 15 is 0 Å². The summed E-state index contributed by atoms with van der Waals surface area (Å²) in [5.74, 6) is 0.138. The van der Waals surface area contributed by atoms with Crippen LogP contribution in [0, 0.1) is 0 Å². The fraction of sp³-hybridized carbons (Fsp3) is 0.333. The standard InChI is InChI=1S/C9H11N3O2/c1-4(2)7-6-8(13)5(10)3-11-9(6)14-12-7/h3-4H,10H2,1-2H3,(H,11,13). The van der Waals surface area contributed by atoms with E-state index in [4.69, 9.17) is 10.3 Å². The van der Waals surface area contributed by atoms with Gasteiger partial charge in [-0.25, -0.2) is 0 Å². The highest BCUT2D eigenvalue weighted by Crippen LogP contribution is 2.20. The molecule has 0 aromatic carbocycles. The van der Waals surface area contributed by atoms with Gasteiger partial charge < -0.3 is 15.2 Å². The van der Waals surface area contributed by atoms with Crippen LogP contribution in [0.25, 0.3) is 11.1 Å². The second-order valence-corrected chi connectivity index (χ2v) is 3.50. The van der Waals surface area contributed by atoms with Crippen molar-refractivity contribution in [2.45, 2.75) is 19.8 Å². The molecule has 0 amide bonds. The van der Waals surface area contributed by atoms with Gasteiger partial charge in [-0.15, -0.1) is 0 Å². The molecular weight excluding hydrogens is 182 g/mol. The minimum Gasteiger partial charge on any atom is -0.394 e. The van der Waals surface area contributed by atoms with Crippen LogP contribution in [0.2, 0.25) is 0 Å². The molecule has 0 saturated heterocycles. The Bertz CT molecular complexity index is 524. The lowest BCUT2D eigenvalue weighted by atomic mass is 10.1. The number of aromatic nitrogens is 2. The van der Waals surface area contributed by atoms with Crippen molar-refractivity contribution in [2.75, 3.05) is 5.73 Å². The monoisotopic (exact) mass is 193 g/mol. The first-order chi connectivity index (χ1) is 6.61. The van der Waals surface area contributed by atoms with Gasteiger partial charge in [-0.2, -0.15) is 0 Å². The minimum absolute atomic E-state index is 0.138. The van der Waals surface area contributed by atoms with Gasteiger partial charge >= 0.3 is 0 Å². The van der Waals surface area contributed by atoms with E-state index < -0.39 is 0 Å². The summed E-state index contributed by atoms with van der Waals surface area (Å²) in [5.41, 5.74) is 6.49. The molecule has 5 nitrogen and oxygen atoms in total. The van der Waals surface area contributed by atoms with Crippen LogP contribution in [0.15, 0.2) is 15.5 Å². The normalized spacial score (nSPS) is 11.4. The van der Waals surface area contributed by atoms with Gasteiger partial charge in [0.05, 0.1) is 11.4 Å². The second-order valence-electron chi connectivity index (χ2n) is 3.50. The smallest absolute Gasteiger partial charge is 0.240 e. The van der Waals surface area contributed by atoms with Crippen molar-refractivity contribution >= 4 is 16.8 Å². The molecule has 74 valence electrons. The number of nitrogens with one attached hydrogen (secondary N) is 1. The van der Waals surface area contributed by atoms with Gasteiger partial charge in [0.1, 0.15) is 5.39 Å². The summed E-state index contributed by atoms with van der Waals surface area (Å²) in [5, 5.41) is 4.29. The Morgan fingerprint density at radius 1 is 1.57 bits per heavy atom. The topological polar surface area (TPSA) is 84.9 Å². The van der Waals surface area contributed by atoms with E-state index in [9.17, 15) is 4.79 Å². The predicted molar refractivity (Wildman–Crippen MR) is 53.1 cm³/mol. The highest BCUT2D eigenvalue weighted by molar-refractivity contribution is 5.79. The van der Waals surface area contributed by atoms with E-state index in [-0.39, 0.29) is 17.0 Å². The number of fused-ring (bicyclic) bond motifs is 1. The van der Waals surface area contributed by atoms with E-state index in [1.807, 2.05) is 13.8 Å². The van der Waals surface area contributed by atoms with Crippen molar-refractivity contribution < 1.29 is 4.52 Å². The first-order valence-corrected chi connectivity index (χ1v) is 4.37. The Morgan fingerprint density at radius 3 is 2.93 bits per heavy atom. The quantitative estimate of drug-likeness (QED) is 0.713. The van der Waals surface area contributed by atoms with Gasteiger partial charge in [-0.05, 0) is 5.92 Å². The number of H-pyrrole nitrogens is 1. The third kappa shape index (κ3) is 1.09. The fourth-order valence-electron chi connectivity index (χ4n) is 1.37. The Labute approximate surface area is 79.9 Å². The van der Waals surface area contributed by atoms with Crippen LogP contribution in [-0.4, -0.2) is 10.1 Å². The van der Waals surface area contributed by atoms with Crippen LogP contribution in [0.1, 0.15) is 25.5 Å². The Kier molecular flexibility index (Phi) is 1.80. The first kappa shape index (κ1) is 8.80. The number of aromatic amines is 1. The van der Waals surface area contributed by atoms with Crippen molar-refractivity contribution in [3.05, 3.63) is 22.1 Å². The number of nitrogens with two attached hydrogens (primary N) is 1. The molecule has 3 N–H and O–H groups in total. The summed E-state index contributed by atoms with van der Waals surface area (Å²) in [6.45, 7) is 3.89. The lowest BCUT2D eigenvalue weighted by molar-refractivity contribution is 0.434. The molecule has 0 aliphatic carbocycles. The van der Waals surface area contributed by atoms with Crippen LogP contribution in [-0.2, 0) is 0 Å². The number of pyridine rings is 1. The van der Waals surface area contributed by atoms with E-state index in [0.717, 1.165) is 0 Å². The molecule has 0 aliphatic heterocycles. The number of nitrogens with zero attached hydrogens (tertiary/aromatic N) is 1. The van der Waals surface area contributed by atoms with Gasteiger partial charge in [-0.3, -0.25) is 4.79 Å². The molecule has 2 aromatic rings. The van der Waals surface area contributed by atoms with Gasteiger partial charge in [0, 0.05) is 6.20 Å². The van der Waals surface area contributed by atoms with Crippen LogP contribution in [0.4, 0.5) is 5.69 Å². The summed E-state index contributed by atoms with van der Waals surface area (Å²) in [6.07, 6.45) is 1.42. The molecular formula is C9H11N3O2. The Hall–Kier alpha value is -1.78. The summed E-state index contributed by atoms with van der Waals surface area (Å²) in [7, 11) is 0. The van der Waals surface area contributed by atoms with Gasteiger partial charge in [-0.1, -0.05) is 19.0 Å². The predicted octanol–water partition coefficient (Wildman–Crippen LogP) is 1.22. The van der Waals surface area contributed by atoms with E-state index in [1.165, 1.54) is 6.20 Å². The number of rotatable bonds is 1. The maximum absolute atomic E-state index is 11.7. The molecule has 0 unspecified atom stereocenters. The molecule has 0 saturated carbocycles. The van der Waals surface area contributed by atoms with Crippen molar-refractivity contribution in [2.24, 2.45) is 0 Å². The van der Waals surface area contributed by atoms with Gasteiger partial charge in [0.2, 0.25) is 11.1 Å². The van der Waals surface area contributed by atoms with Gasteiger partial charge in [0.25, 0.3) is 0 Å². The average Bonchev–Trinajstić information content (AvgIpc) is 2.55. The molecule has 2 aromatic heterocycles. The highest BCUT2D eigenvalue weighted by atomic mass is 16.5. The molecule has 2 rings (SSSR count). The zero-order chi connectivity index (χ0) is 10.3. The number of hydrogen-bond acceptors (Lipinski definition) is 4. The van der Waals surface area contributed by atoms with Crippen molar-refractivity contribution in [3.63, 3.8) is 0 Å². The van der Waals surface area contributed by atoms with Crippen LogP contribution >= 0.6 is 0 Å². The lowest BCUT2D eigenvalue weighted by Crippen LogP contribution is -2.09. The molecule has 14 heavy (non-hydrogen) atoms. The maximum Gasteiger partial charge on any atom is 0.240 e. The van der Waals surface area contributed by atoms with Crippen molar-refractivity contribution in [1.29, 1.82) is 0 Å². The largest absolute Gasteiger partial charge is 0.394 e. The van der Waals surface area contributed by atoms with Crippen molar-refractivity contribution in [3.8, 4) is 0 Å². The van der Waals surface area contributed by atoms with E-state index in [2.05, 4.69) is 10.1 Å². The molecule has 0 spiro atoms. The third-order valence-electron chi connectivity index (χ3n) is 2.11. The Balaban J connectivity index is 2.89.